The van der Waals surface area contributed by atoms with Crippen molar-refractivity contribution in [1.82, 2.24) is 5.32 Å². The molecule has 3 N–H and O–H groups in total. The van der Waals surface area contributed by atoms with Gasteiger partial charge in [-0.1, -0.05) is 19.7 Å². The summed E-state index contributed by atoms with van der Waals surface area (Å²) in [7, 11) is 0. The molecule has 0 aromatic rings. The van der Waals surface area contributed by atoms with Gasteiger partial charge in [0, 0.05) is 8.78 Å². The number of ketones is 1. The molecule has 0 aliphatic heterocycles. The Morgan fingerprint density at radius 3 is 2.79 bits per heavy atom. The number of carbonyl (C=O) groups is 2. The van der Waals surface area contributed by atoms with Gasteiger partial charge in [0.25, 0.3) is 5.91 Å². The van der Waals surface area contributed by atoms with E-state index in [1.807, 2.05) is 0 Å². The van der Waals surface area contributed by atoms with Gasteiger partial charge in [0.1, 0.15) is 0 Å². The summed E-state index contributed by atoms with van der Waals surface area (Å²) in [5, 5.41) is 2.57. The Hall–Kier alpha value is -0.900. The Bertz CT molecular complexity index is 285. The zero-order chi connectivity index (χ0) is 12.3. The van der Waals surface area contributed by atoms with Crippen LogP contribution < -0.4 is 11.1 Å². The van der Waals surface area contributed by atoms with Gasteiger partial charge in [-0.05, 0) is 19.3 Å². The topological polar surface area (TPSA) is 72.2 Å². The maximum Gasteiger partial charge on any atom is 0.289 e. The maximum atomic E-state index is 11.5. The van der Waals surface area contributed by atoms with Crippen LogP contribution in [0.4, 0.5) is 0 Å². The molecular formula is C10H18N2O2. The minimum atomic E-state index is -1.36. The molecular weight excluding hydrogens is 180 g/mol. The molecule has 0 saturated heterocycles. The van der Waals surface area contributed by atoms with Crippen LogP contribution in [0.2, 0.25) is 0 Å². The Morgan fingerprint density at radius 1 is 1.64 bits per heavy atom. The fourth-order valence-electron chi connectivity index (χ4n) is 1.08. The number of carbonyl (C=O) groups excluding carboxylic acids is 2. The lowest BCUT2D eigenvalue weighted by Gasteiger charge is -2.09. The minimum Gasteiger partial charge on any atom is -0.347 e. The Labute approximate surface area is 87.0 Å². The van der Waals surface area contributed by atoms with Gasteiger partial charge in [0.2, 0.25) is 5.78 Å². The Morgan fingerprint density at radius 2 is 2.29 bits per heavy atom. The molecule has 0 radical (unpaired) electrons. The first-order valence-corrected chi connectivity index (χ1v) is 4.90. The van der Waals surface area contributed by atoms with Crippen molar-refractivity contribution in [1.29, 1.82) is 0 Å². The van der Waals surface area contributed by atoms with Gasteiger partial charge < -0.3 is 11.1 Å². The summed E-state index contributed by atoms with van der Waals surface area (Å²) < 4.78 is 14.6. The van der Waals surface area contributed by atoms with Gasteiger partial charge in [-0.25, -0.2) is 0 Å². The molecule has 0 aromatic carbocycles. The smallest absolute Gasteiger partial charge is 0.289 e. The first-order valence-electron chi connectivity index (χ1n) is 5.90. The number of nitrogens with one attached hydrogen (secondary N) is 1. The van der Waals surface area contributed by atoms with E-state index in [4.69, 9.17) is 8.48 Å². The first-order chi connectivity index (χ1) is 7.29. The van der Waals surface area contributed by atoms with Crippen molar-refractivity contribution in [3.63, 3.8) is 0 Å². The molecule has 1 atom stereocenters. The number of hydrogen-bond donors (Lipinski definition) is 2. The molecule has 1 amide bonds. The number of amides is 1. The molecule has 4 nitrogen and oxygen atoms in total. The van der Waals surface area contributed by atoms with Crippen LogP contribution in [0.3, 0.4) is 0 Å². The van der Waals surface area contributed by atoms with Crippen molar-refractivity contribution < 1.29 is 12.3 Å². The van der Waals surface area contributed by atoms with Crippen LogP contribution in [0, 0.1) is 0 Å². The SMILES string of the molecule is [2H]C([2H])(C)CCC(N)C(=O)C(=O)NC1CC1. The van der Waals surface area contributed by atoms with Crippen LogP contribution >= 0.6 is 0 Å². The summed E-state index contributed by atoms with van der Waals surface area (Å²) in [6.07, 6.45) is 0.861. The largest absolute Gasteiger partial charge is 0.347 e. The normalized spacial score (nSPS) is 20.7. The molecule has 0 heterocycles. The molecule has 1 rings (SSSR count). The van der Waals surface area contributed by atoms with E-state index in [9.17, 15) is 9.59 Å². The summed E-state index contributed by atoms with van der Waals surface area (Å²) in [6.45, 7) is 1.43. The van der Waals surface area contributed by atoms with Crippen molar-refractivity contribution in [2.45, 2.75) is 51.1 Å². The molecule has 1 aliphatic rings. The highest BCUT2D eigenvalue weighted by molar-refractivity contribution is 6.38. The summed E-state index contributed by atoms with van der Waals surface area (Å²) in [6, 6.07) is -0.755. The van der Waals surface area contributed by atoms with E-state index < -0.39 is 24.1 Å². The van der Waals surface area contributed by atoms with Gasteiger partial charge in [-0.2, -0.15) is 0 Å². The molecule has 0 bridgehead atoms. The summed E-state index contributed by atoms with van der Waals surface area (Å²) in [4.78, 5) is 22.8. The maximum absolute atomic E-state index is 11.5. The number of nitrogens with two attached hydrogens (primary N) is 1. The summed E-state index contributed by atoms with van der Waals surface area (Å²) >= 11 is 0. The van der Waals surface area contributed by atoms with Crippen molar-refractivity contribution in [2.75, 3.05) is 0 Å². The highest BCUT2D eigenvalue weighted by atomic mass is 16.2. The van der Waals surface area contributed by atoms with Gasteiger partial charge >= 0.3 is 0 Å². The minimum absolute atomic E-state index is 0.140. The van der Waals surface area contributed by atoms with Gasteiger partial charge in [0.15, 0.2) is 0 Å². The lowest BCUT2D eigenvalue weighted by molar-refractivity contribution is -0.138. The molecule has 80 valence electrons. The van der Waals surface area contributed by atoms with E-state index in [2.05, 4.69) is 5.32 Å². The number of hydrogen-bond acceptors (Lipinski definition) is 3. The van der Waals surface area contributed by atoms with E-state index in [1.165, 1.54) is 6.92 Å². The van der Waals surface area contributed by atoms with Crippen LogP contribution in [0.15, 0.2) is 0 Å². The molecule has 0 spiro atoms. The van der Waals surface area contributed by atoms with E-state index >= 15 is 0 Å². The quantitative estimate of drug-likeness (QED) is 0.608. The van der Waals surface area contributed by atoms with Crippen LogP contribution in [0.1, 0.15) is 41.7 Å². The van der Waals surface area contributed by atoms with E-state index in [0.717, 1.165) is 12.8 Å². The highest BCUT2D eigenvalue weighted by Gasteiger charge is 2.28. The Balaban J connectivity index is 2.31. The van der Waals surface area contributed by atoms with E-state index in [-0.39, 0.29) is 18.9 Å². The second-order valence-electron chi connectivity index (χ2n) is 3.61. The molecule has 1 fully saturated rings. The third kappa shape index (κ3) is 3.46. The summed E-state index contributed by atoms with van der Waals surface area (Å²) in [5.74, 6) is -1.28. The first kappa shape index (κ1) is 8.41. The fraction of sp³-hybridized carbons (Fsp3) is 0.800. The molecule has 14 heavy (non-hydrogen) atoms. The van der Waals surface area contributed by atoms with E-state index in [0.29, 0.717) is 0 Å². The lowest BCUT2D eigenvalue weighted by atomic mass is 10.1. The number of rotatable bonds is 6. The predicted molar refractivity (Wildman–Crippen MR) is 53.7 cm³/mol. The van der Waals surface area contributed by atoms with Crippen LogP contribution in [-0.4, -0.2) is 23.8 Å². The van der Waals surface area contributed by atoms with Gasteiger partial charge in [0.05, 0.1) is 6.04 Å². The molecule has 4 heteroatoms. The van der Waals surface area contributed by atoms with Crippen molar-refractivity contribution in [3.05, 3.63) is 0 Å². The number of Topliss-reactive ketones (excluding diaryl/α,β-unsaturated/α-hetero) is 1. The second-order valence-corrected chi connectivity index (χ2v) is 3.61. The molecule has 1 aliphatic carbocycles. The van der Waals surface area contributed by atoms with Crippen molar-refractivity contribution in [3.8, 4) is 0 Å². The third-order valence-electron chi connectivity index (χ3n) is 2.18. The fourth-order valence-corrected chi connectivity index (χ4v) is 1.08. The van der Waals surface area contributed by atoms with Crippen LogP contribution in [-0.2, 0) is 9.59 Å². The van der Waals surface area contributed by atoms with E-state index in [1.54, 1.807) is 0 Å². The van der Waals surface area contributed by atoms with Crippen molar-refractivity contribution in [2.24, 2.45) is 5.73 Å². The summed E-state index contributed by atoms with van der Waals surface area (Å²) in [5.41, 5.74) is 5.54. The van der Waals surface area contributed by atoms with Gasteiger partial charge in [-0.3, -0.25) is 9.59 Å². The van der Waals surface area contributed by atoms with Gasteiger partial charge in [-0.15, -0.1) is 0 Å². The predicted octanol–water partition coefficient (Wildman–Crippen LogP) is 0.352. The average Bonchev–Trinajstić information content (AvgIpc) is 2.95. The lowest BCUT2D eigenvalue weighted by Crippen LogP contribution is -2.43. The zero-order valence-corrected chi connectivity index (χ0v) is 8.38. The molecule has 1 saturated carbocycles. The zero-order valence-electron chi connectivity index (χ0n) is 10.4. The highest BCUT2D eigenvalue weighted by Crippen LogP contribution is 2.18. The molecule has 1 unspecified atom stereocenters. The Kier molecular flexibility index (Phi) is 3.06. The monoisotopic (exact) mass is 200 g/mol. The van der Waals surface area contributed by atoms with Crippen LogP contribution in [0.5, 0.6) is 0 Å². The van der Waals surface area contributed by atoms with Crippen LogP contribution in [0.25, 0.3) is 0 Å². The third-order valence-corrected chi connectivity index (χ3v) is 2.18. The molecule has 0 aromatic heterocycles. The standard InChI is InChI=1S/C10H18N2O2/c1-2-3-4-8(11)9(13)10(14)12-7-5-6-7/h7-8H,2-6,11H2,1H3,(H,12,14)/i2D2. The average molecular weight is 200 g/mol. The second kappa shape index (κ2) is 5.10. The van der Waals surface area contributed by atoms with Crippen molar-refractivity contribution >= 4 is 11.7 Å².